The second kappa shape index (κ2) is 15.8. The number of benzene rings is 3. The summed E-state index contributed by atoms with van der Waals surface area (Å²) in [5.41, 5.74) is 6.05. The van der Waals surface area contributed by atoms with Gasteiger partial charge in [-0.2, -0.15) is 0 Å². The molecule has 0 bridgehead atoms. The van der Waals surface area contributed by atoms with Gasteiger partial charge in [-0.05, 0) is 79.7 Å². The molecule has 0 aliphatic heterocycles. The van der Waals surface area contributed by atoms with Gasteiger partial charge in [-0.3, -0.25) is 9.59 Å². The van der Waals surface area contributed by atoms with Crippen molar-refractivity contribution >= 4 is 17.4 Å². The molecule has 0 fully saturated rings. The van der Waals surface area contributed by atoms with Crippen molar-refractivity contribution in [2.24, 2.45) is 0 Å². The first kappa shape index (κ1) is 30.8. The van der Waals surface area contributed by atoms with Crippen molar-refractivity contribution in [1.29, 1.82) is 0 Å². The summed E-state index contributed by atoms with van der Waals surface area (Å²) >= 11 is 0. The van der Waals surface area contributed by atoms with E-state index in [4.69, 9.17) is 5.11 Å². The molecule has 5 heteroatoms. The number of hydrogen-bond donors (Lipinski definition) is 2. The minimum Gasteiger partial charge on any atom is -0.481 e. The Morgan fingerprint density at radius 2 is 1.40 bits per heavy atom. The molecule has 5 nitrogen and oxygen atoms in total. The Labute approximate surface area is 250 Å². The average Bonchev–Trinajstić information content (AvgIpc) is 3.42. The van der Waals surface area contributed by atoms with Gasteiger partial charge in [0.15, 0.2) is 5.78 Å². The molecule has 220 valence electrons. The highest BCUT2D eigenvalue weighted by molar-refractivity contribution is 6.10. The Bertz CT molecular complexity index is 1360. The third kappa shape index (κ3) is 9.47. The van der Waals surface area contributed by atoms with Crippen LogP contribution in [0.25, 0.3) is 0 Å². The van der Waals surface area contributed by atoms with Crippen LogP contribution >= 0.6 is 0 Å². The van der Waals surface area contributed by atoms with Crippen molar-refractivity contribution in [3.05, 3.63) is 125 Å². The zero-order chi connectivity index (χ0) is 29.7. The number of aromatic nitrogens is 1. The minimum atomic E-state index is -0.801. The number of carbonyl (C=O) groups excluding carboxylic acids is 1. The molecule has 0 spiro atoms. The number of ketones is 1. The average molecular weight is 565 g/mol. The van der Waals surface area contributed by atoms with Crippen molar-refractivity contribution in [3.63, 3.8) is 0 Å². The van der Waals surface area contributed by atoms with Crippen LogP contribution in [0.4, 0.5) is 5.69 Å². The summed E-state index contributed by atoms with van der Waals surface area (Å²) in [6, 6.07) is 29.5. The molecule has 0 unspecified atom stereocenters. The van der Waals surface area contributed by atoms with E-state index in [9.17, 15) is 9.59 Å². The van der Waals surface area contributed by atoms with Crippen LogP contribution < -0.4 is 5.32 Å². The Kier molecular flexibility index (Phi) is 11.6. The first-order valence-electron chi connectivity index (χ1n) is 15.3. The fourth-order valence-corrected chi connectivity index (χ4v) is 5.54. The molecule has 4 aromatic rings. The van der Waals surface area contributed by atoms with Crippen molar-refractivity contribution < 1.29 is 14.7 Å². The summed E-state index contributed by atoms with van der Waals surface area (Å²) in [6.45, 7) is 4.75. The smallest absolute Gasteiger partial charge is 0.303 e. The Hall–Kier alpha value is -4.12. The molecule has 1 heterocycles. The highest BCUT2D eigenvalue weighted by Gasteiger charge is 2.19. The van der Waals surface area contributed by atoms with E-state index in [1.54, 1.807) is 0 Å². The van der Waals surface area contributed by atoms with E-state index in [0.29, 0.717) is 30.1 Å². The van der Waals surface area contributed by atoms with Gasteiger partial charge in [0.25, 0.3) is 0 Å². The molecule has 3 aromatic carbocycles. The van der Waals surface area contributed by atoms with Crippen molar-refractivity contribution in [1.82, 2.24) is 4.57 Å². The van der Waals surface area contributed by atoms with Gasteiger partial charge in [-0.25, -0.2) is 0 Å². The van der Waals surface area contributed by atoms with Crippen LogP contribution in [0, 0.1) is 0 Å². The molecule has 0 atom stereocenters. The van der Waals surface area contributed by atoms with E-state index in [1.807, 2.05) is 35.2 Å². The lowest BCUT2D eigenvalue weighted by atomic mass is 9.95. The van der Waals surface area contributed by atoms with Crippen LogP contribution in [0.3, 0.4) is 0 Å². The quantitative estimate of drug-likeness (QED) is 0.126. The maximum atomic E-state index is 13.7. The lowest BCUT2D eigenvalue weighted by Gasteiger charge is -2.21. The number of aliphatic carboxylic acids is 1. The van der Waals surface area contributed by atoms with Crippen LogP contribution in [-0.4, -0.2) is 27.5 Å². The van der Waals surface area contributed by atoms with Crippen LogP contribution in [-0.2, 0) is 24.2 Å². The molecule has 2 N–H and O–H groups in total. The Morgan fingerprint density at radius 1 is 0.786 bits per heavy atom. The normalized spacial score (nSPS) is 11.2. The zero-order valence-corrected chi connectivity index (χ0v) is 25.0. The predicted molar refractivity (Wildman–Crippen MR) is 171 cm³/mol. The van der Waals surface area contributed by atoms with E-state index in [-0.39, 0.29) is 18.1 Å². The second-order valence-electron chi connectivity index (χ2n) is 11.5. The van der Waals surface area contributed by atoms with Gasteiger partial charge in [0, 0.05) is 48.2 Å². The summed E-state index contributed by atoms with van der Waals surface area (Å²) in [5, 5.41) is 12.8. The minimum absolute atomic E-state index is 0.00374. The summed E-state index contributed by atoms with van der Waals surface area (Å²) in [4.78, 5) is 24.7. The zero-order valence-electron chi connectivity index (χ0n) is 25.0. The fourth-order valence-electron chi connectivity index (χ4n) is 5.54. The number of hydrogen-bond acceptors (Lipinski definition) is 3. The molecular formula is C37H44N2O3. The molecule has 0 aliphatic carbocycles. The van der Waals surface area contributed by atoms with Gasteiger partial charge >= 0.3 is 5.97 Å². The van der Waals surface area contributed by atoms with Gasteiger partial charge in [-0.15, -0.1) is 0 Å². The van der Waals surface area contributed by atoms with Gasteiger partial charge in [0.2, 0.25) is 0 Å². The summed E-state index contributed by atoms with van der Waals surface area (Å²) < 4.78 is 1.96. The van der Waals surface area contributed by atoms with Crippen LogP contribution in [0.1, 0.15) is 90.9 Å². The van der Waals surface area contributed by atoms with Crippen molar-refractivity contribution in [2.45, 2.75) is 83.7 Å². The summed E-state index contributed by atoms with van der Waals surface area (Å²) in [6.07, 6.45) is 10.9. The second-order valence-corrected chi connectivity index (χ2v) is 11.5. The molecule has 0 radical (unpaired) electrons. The van der Waals surface area contributed by atoms with Crippen LogP contribution in [0.15, 0.2) is 97.3 Å². The van der Waals surface area contributed by atoms with E-state index in [2.05, 4.69) is 85.9 Å². The lowest BCUT2D eigenvalue weighted by molar-refractivity contribution is -0.137. The number of carboxylic acids is 1. The molecule has 4 rings (SSSR count). The van der Waals surface area contributed by atoms with Gasteiger partial charge in [-0.1, -0.05) is 86.6 Å². The molecule has 0 amide bonds. The first-order chi connectivity index (χ1) is 20.4. The summed E-state index contributed by atoms with van der Waals surface area (Å²) in [7, 11) is 0. The van der Waals surface area contributed by atoms with Gasteiger partial charge in [0.1, 0.15) is 0 Å². The SMILES string of the molecule is CC(C)c1cn(CCCC(=O)O)cc1C(=O)c1cccc(NC(CCCc2ccccc2)CCCc2ccccc2)c1. The fraction of sp³-hybridized carbons (Fsp3) is 0.351. The summed E-state index contributed by atoms with van der Waals surface area (Å²) in [5.74, 6) is -0.612. The number of rotatable bonds is 17. The number of anilines is 1. The maximum Gasteiger partial charge on any atom is 0.303 e. The number of carboxylic acid groups (broad SMARTS) is 1. The lowest BCUT2D eigenvalue weighted by Crippen LogP contribution is -2.20. The number of aryl methyl sites for hydroxylation is 3. The Balaban J connectivity index is 1.45. The van der Waals surface area contributed by atoms with Crippen molar-refractivity contribution in [2.75, 3.05) is 5.32 Å². The van der Waals surface area contributed by atoms with E-state index in [1.165, 1.54) is 11.1 Å². The standard InChI is InChI=1S/C37H44N2O3/c1-28(2)34-26-39(24-12-23-36(40)41)27-35(34)37(42)31-19-11-22-33(25-31)38-32(20-9-17-29-13-5-3-6-14-29)21-10-18-30-15-7-4-8-16-30/h3-8,11,13-16,19,22,25-28,32,38H,9-10,12,17-18,20-21,23-24H2,1-2H3,(H,40,41). The topological polar surface area (TPSA) is 71.3 Å². The maximum absolute atomic E-state index is 13.7. The van der Waals surface area contributed by atoms with Gasteiger partial charge in [0.05, 0.1) is 0 Å². The molecule has 0 saturated carbocycles. The molecule has 0 aliphatic rings. The number of nitrogens with zero attached hydrogens (tertiary/aromatic N) is 1. The number of nitrogens with one attached hydrogen (secondary N) is 1. The monoisotopic (exact) mass is 564 g/mol. The van der Waals surface area contributed by atoms with Crippen LogP contribution in [0.5, 0.6) is 0 Å². The first-order valence-corrected chi connectivity index (χ1v) is 15.3. The van der Waals surface area contributed by atoms with Crippen molar-refractivity contribution in [3.8, 4) is 0 Å². The Morgan fingerprint density at radius 3 is 1.98 bits per heavy atom. The highest BCUT2D eigenvalue weighted by atomic mass is 16.4. The number of carbonyl (C=O) groups is 2. The van der Waals surface area contributed by atoms with Gasteiger partial charge < -0.3 is 15.0 Å². The molecule has 1 aromatic heterocycles. The van der Waals surface area contributed by atoms with E-state index in [0.717, 1.165) is 49.8 Å². The molecular weight excluding hydrogens is 520 g/mol. The molecule has 42 heavy (non-hydrogen) atoms. The van der Waals surface area contributed by atoms with Crippen LogP contribution in [0.2, 0.25) is 0 Å². The highest BCUT2D eigenvalue weighted by Crippen LogP contribution is 2.26. The third-order valence-electron chi connectivity index (χ3n) is 7.80. The van der Waals surface area contributed by atoms with E-state index >= 15 is 0 Å². The largest absolute Gasteiger partial charge is 0.481 e. The predicted octanol–water partition coefficient (Wildman–Crippen LogP) is 8.53. The molecule has 0 saturated heterocycles. The van der Waals surface area contributed by atoms with E-state index < -0.39 is 5.97 Å². The third-order valence-corrected chi connectivity index (χ3v) is 7.80.